The summed E-state index contributed by atoms with van der Waals surface area (Å²) < 4.78 is 5.41. The summed E-state index contributed by atoms with van der Waals surface area (Å²) in [6, 6.07) is 19.0. The highest BCUT2D eigenvalue weighted by molar-refractivity contribution is 5.98. The number of nitrogens with two attached hydrogens (primary N) is 1. The molecule has 0 radical (unpaired) electrons. The number of amides is 3. The Morgan fingerprint density at radius 3 is 2.08 bits per heavy atom. The molecule has 3 aromatic rings. The molecule has 1 heterocycles. The van der Waals surface area contributed by atoms with Crippen LogP contribution in [0, 0.1) is 0 Å². The Kier molecular flexibility index (Phi) is 17.9. The fourth-order valence-corrected chi connectivity index (χ4v) is 6.08. The van der Waals surface area contributed by atoms with Gasteiger partial charge < -0.3 is 20.7 Å². The number of likely N-dealkylation sites (N-methyl/N-ethyl adjacent to an activating group) is 1. The maximum Gasteiger partial charge on any atom is 0.306 e. The first-order valence-corrected chi connectivity index (χ1v) is 18.2. The van der Waals surface area contributed by atoms with Gasteiger partial charge in [-0.2, -0.15) is 0 Å². The number of unbranched alkanes of at least 4 members (excludes halogenated alkanes) is 10. The average Bonchev–Trinajstić information content (AvgIpc) is 3.11. The zero-order valence-electron chi connectivity index (χ0n) is 29.5. The van der Waals surface area contributed by atoms with E-state index in [0.29, 0.717) is 18.4 Å². The third kappa shape index (κ3) is 14.8. The van der Waals surface area contributed by atoms with Crippen LogP contribution in [0.15, 0.2) is 66.7 Å². The lowest BCUT2D eigenvalue weighted by Crippen LogP contribution is -2.51. The second-order valence-electron chi connectivity index (χ2n) is 13.1. The zero-order chi connectivity index (χ0) is 35.3. The molecule has 0 saturated carbocycles. The first-order valence-electron chi connectivity index (χ1n) is 18.2. The number of aromatic nitrogens is 1. The van der Waals surface area contributed by atoms with Crippen LogP contribution in [-0.2, 0) is 25.7 Å². The number of primary amides is 1. The van der Waals surface area contributed by atoms with E-state index in [2.05, 4.69) is 17.2 Å². The summed E-state index contributed by atoms with van der Waals surface area (Å²) in [7, 11) is 1.66. The molecule has 0 fully saturated rings. The van der Waals surface area contributed by atoms with Crippen LogP contribution in [-0.4, -0.2) is 52.7 Å². The monoisotopic (exact) mass is 672 g/mol. The molecule has 3 amide bonds. The molecule has 2 atom stereocenters. The molecule has 0 unspecified atom stereocenters. The number of para-hydroxylation sites is 1. The fraction of sp³-hybridized carbons (Fsp3) is 0.525. The molecule has 0 aliphatic rings. The van der Waals surface area contributed by atoms with Gasteiger partial charge in [0.25, 0.3) is 5.91 Å². The lowest BCUT2D eigenvalue weighted by Gasteiger charge is -2.31. The van der Waals surface area contributed by atoms with Crippen LogP contribution in [0.5, 0.6) is 0 Å². The minimum Gasteiger partial charge on any atom is -0.461 e. The van der Waals surface area contributed by atoms with Gasteiger partial charge in [0.2, 0.25) is 11.8 Å². The Labute approximate surface area is 292 Å². The number of hydrogen-bond acceptors (Lipinski definition) is 6. The highest BCUT2D eigenvalue weighted by Gasteiger charge is 2.29. The molecule has 9 heteroatoms. The SMILES string of the molecule is CCCCCCCCCCCCC[C@@H](CC(N)=O)N(C)C(=O)[C@H](CCCC(=O)OCc1ccccc1)NC(=O)c1ccc2ccccc2n1. The number of carbonyl (C=O) groups is 4. The lowest BCUT2D eigenvalue weighted by atomic mass is 10.00. The number of pyridine rings is 1. The summed E-state index contributed by atoms with van der Waals surface area (Å²) in [6.07, 6.45) is 14.6. The van der Waals surface area contributed by atoms with Crippen LogP contribution < -0.4 is 11.1 Å². The maximum absolute atomic E-state index is 14.0. The van der Waals surface area contributed by atoms with Gasteiger partial charge in [0.05, 0.1) is 5.52 Å². The number of nitrogens with one attached hydrogen (secondary N) is 1. The number of nitrogens with zero attached hydrogens (tertiary/aromatic N) is 2. The number of benzene rings is 2. The van der Waals surface area contributed by atoms with Gasteiger partial charge in [-0.25, -0.2) is 4.98 Å². The topological polar surface area (TPSA) is 132 Å². The van der Waals surface area contributed by atoms with E-state index >= 15 is 0 Å². The van der Waals surface area contributed by atoms with Crippen molar-refractivity contribution in [1.82, 2.24) is 15.2 Å². The van der Waals surface area contributed by atoms with Gasteiger partial charge in [-0.15, -0.1) is 0 Å². The summed E-state index contributed by atoms with van der Waals surface area (Å²) in [5.74, 6) is -1.68. The van der Waals surface area contributed by atoms with Crippen LogP contribution in [0.1, 0.15) is 126 Å². The smallest absolute Gasteiger partial charge is 0.306 e. The predicted molar refractivity (Wildman–Crippen MR) is 195 cm³/mol. The number of hydrogen-bond donors (Lipinski definition) is 2. The van der Waals surface area contributed by atoms with Gasteiger partial charge in [0.1, 0.15) is 18.3 Å². The van der Waals surface area contributed by atoms with Gasteiger partial charge in [-0.1, -0.05) is 132 Å². The minimum absolute atomic E-state index is 0.0404. The van der Waals surface area contributed by atoms with Crippen LogP contribution >= 0.6 is 0 Å². The van der Waals surface area contributed by atoms with E-state index in [9.17, 15) is 19.2 Å². The molecule has 49 heavy (non-hydrogen) atoms. The van der Waals surface area contributed by atoms with Crippen molar-refractivity contribution in [2.45, 2.75) is 128 Å². The average molecular weight is 673 g/mol. The largest absolute Gasteiger partial charge is 0.461 e. The Hall–Kier alpha value is -4.27. The summed E-state index contributed by atoms with van der Waals surface area (Å²) in [6.45, 7) is 2.40. The van der Waals surface area contributed by atoms with E-state index in [-0.39, 0.29) is 43.4 Å². The highest BCUT2D eigenvalue weighted by atomic mass is 16.5. The second kappa shape index (κ2) is 22.4. The lowest BCUT2D eigenvalue weighted by molar-refractivity contribution is -0.145. The molecule has 0 spiro atoms. The Balaban J connectivity index is 1.59. The third-order valence-corrected chi connectivity index (χ3v) is 9.02. The van der Waals surface area contributed by atoms with Crippen molar-refractivity contribution >= 4 is 34.6 Å². The number of ether oxygens (including phenoxy) is 1. The number of esters is 1. The van der Waals surface area contributed by atoms with Crippen molar-refractivity contribution in [3.63, 3.8) is 0 Å². The zero-order valence-corrected chi connectivity index (χ0v) is 29.5. The van der Waals surface area contributed by atoms with Crippen LogP contribution in [0.2, 0.25) is 0 Å². The van der Waals surface area contributed by atoms with Gasteiger partial charge >= 0.3 is 5.97 Å². The van der Waals surface area contributed by atoms with Crippen LogP contribution in [0.25, 0.3) is 10.9 Å². The molecule has 0 aliphatic heterocycles. The van der Waals surface area contributed by atoms with Crippen LogP contribution in [0.4, 0.5) is 0 Å². The van der Waals surface area contributed by atoms with Crippen molar-refractivity contribution in [3.05, 3.63) is 78.0 Å². The van der Waals surface area contributed by atoms with Gasteiger partial charge in [-0.3, -0.25) is 19.2 Å². The highest BCUT2D eigenvalue weighted by Crippen LogP contribution is 2.18. The molecular formula is C40H56N4O5. The summed E-state index contributed by atoms with van der Waals surface area (Å²) >= 11 is 0. The second-order valence-corrected chi connectivity index (χ2v) is 13.1. The normalized spacial score (nSPS) is 12.3. The Morgan fingerprint density at radius 2 is 1.41 bits per heavy atom. The van der Waals surface area contributed by atoms with Gasteiger partial charge in [0, 0.05) is 31.3 Å². The Bertz CT molecular complexity index is 1450. The molecule has 2 aromatic carbocycles. The molecule has 9 nitrogen and oxygen atoms in total. The standard InChI is InChI=1S/C40H56N4O5/c1-3-4-5-6-7-8-9-10-11-12-16-23-33(29-37(41)45)44(2)40(48)36(25-19-26-38(46)49-30-31-20-14-13-15-21-31)43-39(47)35-28-27-32-22-17-18-24-34(32)42-35/h13-15,17-18,20-22,24,27-28,33,36H,3-12,16,19,23,25-26,29-30H2,1-2H3,(H2,41,45)(H,43,47)/t33-,36-/m0/s1. The van der Waals surface area contributed by atoms with Crippen molar-refractivity contribution in [3.8, 4) is 0 Å². The number of carbonyl (C=O) groups excluding carboxylic acids is 4. The van der Waals surface area contributed by atoms with Gasteiger partial charge in [-0.05, 0) is 37.0 Å². The van der Waals surface area contributed by atoms with E-state index in [4.69, 9.17) is 10.5 Å². The number of rotatable bonds is 24. The van der Waals surface area contributed by atoms with E-state index in [1.165, 1.54) is 51.4 Å². The van der Waals surface area contributed by atoms with Crippen LogP contribution in [0.3, 0.4) is 0 Å². The summed E-state index contributed by atoms with van der Waals surface area (Å²) in [5.41, 5.74) is 7.37. The molecule has 266 valence electrons. The molecule has 1 aromatic heterocycles. The maximum atomic E-state index is 14.0. The van der Waals surface area contributed by atoms with E-state index in [1.807, 2.05) is 60.7 Å². The molecule has 0 saturated heterocycles. The first kappa shape index (κ1) is 39.2. The first-order chi connectivity index (χ1) is 23.8. The molecule has 3 rings (SSSR count). The van der Waals surface area contributed by atoms with E-state index < -0.39 is 23.9 Å². The molecule has 3 N–H and O–H groups in total. The van der Waals surface area contributed by atoms with Crippen molar-refractivity contribution in [2.24, 2.45) is 5.73 Å². The van der Waals surface area contributed by atoms with Crippen molar-refractivity contribution in [2.75, 3.05) is 7.05 Å². The Morgan fingerprint density at radius 1 is 0.776 bits per heavy atom. The third-order valence-electron chi connectivity index (χ3n) is 9.02. The fourth-order valence-electron chi connectivity index (χ4n) is 6.08. The molecular weight excluding hydrogens is 616 g/mol. The van der Waals surface area contributed by atoms with Crippen molar-refractivity contribution in [1.29, 1.82) is 0 Å². The van der Waals surface area contributed by atoms with E-state index in [1.54, 1.807) is 18.0 Å². The number of fused-ring (bicyclic) bond motifs is 1. The minimum atomic E-state index is -0.930. The quantitative estimate of drug-likeness (QED) is 0.0742. The van der Waals surface area contributed by atoms with Crippen molar-refractivity contribution < 1.29 is 23.9 Å². The predicted octanol–water partition coefficient (Wildman–Crippen LogP) is 7.65. The molecule has 0 bridgehead atoms. The molecule has 0 aliphatic carbocycles. The summed E-state index contributed by atoms with van der Waals surface area (Å²) in [4.78, 5) is 58.0. The summed E-state index contributed by atoms with van der Waals surface area (Å²) in [5, 5.41) is 3.77. The van der Waals surface area contributed by atoms with Gasteiger partial charge in [0.15, 0.2) is 0 Å². The van der Waals surface area contributed by atoms with E-state index in [0.717, 1.165) is 30.2 Å².